The van der Waals surface area contributed by atoms with Gasteiger partial charge in [-0.15, -0.1) is 0 Å². The number of benzene rings is 1. The van der Waals surface area contributed by atoms with Crippen LogP contribution in [0.25, 0.3) is 16.7 Å². The molecule has 1 fully saturated rings. The number of carbonyl (C=O) groups excluding carboxylic acids is 3. The number of amides is 3. The summed E-state index contributed by atoms with van der Waals surface area (Å²) >= 11 is 0. The van der Waals surface area contributed by atoms with Crippen LogP contribution in [0.5, 0.6) is 0 Å². The molecule has 3 amide bonds. The zero-order valence-electron chi connectivity index (χ0n) is 20.9. The Morgan fingerprint density at radius 3 is 2.40 bits per heavy atom. The summed E-state index contributed by atoms with van der Waals surface area (Å²) in [7, 11) is 1.51. The van der Waals surface area contributed by atoms with Crippen LogP contribution in [0.3, 0.4) is 0 Å². The summed E-state index contributed by atoms with van der Waals surface area (Å²) in [6.07, 6.45) is -0.0340. The van der Waals surface area contributed by atoms with E-state index in [0.717, 1.165) is 10.9 Å². The molecule has 1 aromatic heterocycles. The van der Waals surface area contributed by atoms with Gasteiger partial charge in [0, 0.05) is 36.6 Å². The average Bonchev–Trinajstić information content (AvgIpc) is 3.23. The quantitative estimate of drug-likeness (QED) is 0.396. The molecule has 9 heteroatoms. The van der Waals surface area contributed by atoms with Crippen molar-refractivity contribution in [2.24, 2.45) is 5.92 Å². The number of aromatic amines is 1. The molecule has 9 nitrogen and oxygen atoms in total. The first-order valence-corrected chi connectivity index (χ1v) is 11.7. The van der Waals surface area contributed by atoms with E-state index in [-0.39, 0.29) is 41.5 Å². The normalized spacial score (nSPS) is 18.7. The third-order valence-electron chi connectivity index (χ3n) is 5.86. The fraction of sp³-hybridized carbons (Fsp3) is 0.423. The molecule has 188 valence electrons. The summed E-state index contributed by atoms with van der Waals surface area (Å²) in [4.78, 5) is 42.5. The summed E-state index contributed by atoms with van der Waals surface area (Å²) < 4.78 is 11.3. The molecule has 0 radical (unpaired) electrons. The third-order valence-corrected chi connectivity index (χ3v) is 5.86. The third kappa shape index (κ3) is 6.10. The van der Waals surface area contributed by atoms with Crippen molar-refractivity contribution in [3.8, 4) is 0 Å². The minimum atomic E-state index is -0.718. The molecular formula is C26H34N4O5. The molecule has 0 bridgehead atoms. The van der Waals surface area contributed by atoms with E-state index in [2.05, 4.69) is 28.8 Å². The lowest BCUT2D eigenvalue weighted by Gasteiger charge is -2.35. The second-order valence-electron chi connectivity index (χ2n) is 9.21. The molecular weight excluding hydrogens is 448 g/mol. The number of rotatable bonds is 8. The number of morpholine rings is 1. The number of fused-ring (bicyclic) bond motifs is 1. The lowest BCUT2D eigenvalue weighted by Crippen LogP contribution is -2.49. The van der Waals surface area contributed by atoms with Crippen LogP contribution in [0, 0.1) is 5.92 Å². The smallest absolute Gasteiger partial charge is 0.287 e. The first-order valence-electron chi connectivity index (χ1n) is 11.7. The fourth-order valence-corrected chi connectivity index (χ4v) is 4.10. The number of ether oxygens (including phenoxy) is 2. The number of aromatic nitrogens is 1. The number of carbonyl (C=O) groups is 3. The second-order valence-corrected chi connectivity index (χ2v) is 9.21. The largest absolute Gasteiger partial charge is 0.452 e. The van der Waals surface area contributed by atoms with Crippen molar-refractivity contribution in [3.05, 3.63) is 54.4 Å². The number of nitrogens with zero attached hydrogens (tertiary/aromatic N) is 1. The van der Waals surface area contributed by atoms with E-state index in [1.807, 2.05) is 39.8 Å². The maximum Gasteiger partial charge on any atom is 0.287 e. The Balaban J connectivity index is 1.69. The molecule has 3 atom stereocenters. The first-order chi connectivity index (χ1) is 16.5. The molecule has 0 saturated carbocycles. The molecule has 1 aliphatic heterocycles. The van der Waals surface area contributed by atoms with Gasteiger partial charge in [-0.2, -0.15) is 0 Å². The highest BCUT2D eigenvalue weighted by atomic mass is 16.5. The van der Waals surface area contributed by atoms with Crippen LogP contribution in [0.2, 0.25) is 0 Å². The summed E-state index contributed by atoms with van der Waals surface area (Å²) in [5.74, 6) is -1.07. The molecule has 2 heterocycles. The number of hydrogen-bond acceptors (Lipinski definition) is 5. The maximum absolute atomic E-state index is 13.0. The molecule has 3 rings (SSSR count). The monoisotopic (exact) mass is 482 g/mol. The van der Waals surface area contributed by atoms with Gasteiger partial charge in [0.2, 0.25) is 5.91 Å². The first kappa shape index (κ1) is 26.0. The molecule has 1 saturated heterocycles. The van der Waals surface area contributed by atoms with Gasteiger partial charge in [0.25, 0.3) is 11.8 Å². The van der Waals surface area contributed by atoms with Gasteiger partial charge in [-0.05, 0) is 31.9 Å². The van der Waals surface area contributed by atoms with Crippen LogP contribution < -0.4 is 10.6 Å². The predicted octanol–water partition coefficient (Wildman–Crippen LogP) is 2.81. The van der Waals surface area contributed by atoms with Gasteiger partial charge in [-0.1, -0.05) is 39.1 Å². The number of hydrogen-bond donors (Lipinski definition) is 3. The van der Waals surface area contributed by atoms with Crippen molar-refractivity contribution in [1.29, 1.82) is 0 Å². The average molecular weight is 483 g/mol. The number of nitrogens with one attached hydrogen (secondary N) is 3. The molecule has 2 unspecified atom stereocenters. The minimum absolute atomic E-state index is 0.0170. The highest BCUT2D eigenvalue weighted by Crippen LogP contribution is 2.24. The van der Waals surface area contributed by atoms with Crippen LogP contribution in [-0.2, 0) is 19.1 Å². The van der Waals surface area contributed by atoms with Crippen molar-refractivity contribution >= 4 is 34.4 Å². The van der Waals surface area contributed by atoms with Crippen LogP contribution in [0.15, 0.2) is 43.2 Å². The molecule has 35 heavy (non-hydrogen) atoms. The Morgan fingerprint density at radius 2 is 1.80 bits per heavy atom. The number of H-pyrrole nitrogens is 1. The Morgan fingerprint density at radius 1 is 1.14 bits per heavy atom. The van der Waals surface area contributed by atoms with Crippen LogP contribution >= 0.6 is 0 Å². The van der Waals surface area contributed by atoms with Crippen molar-refractivity contribution in [2.75, 3.05) is 20.1 Å². The lowest BCUT2D eigenvalue weighted by atomic mass is 10.0. The van der Waals surface area contributed by atoms with Gasteiger partial charge < -0.3 is 30.0 Å². The van der Waals surface area contributed by atoms with Gasteiger partial charge in [-0.25, -0.2) is 0 Å². The van der Waals surface area contributed by atoms with Gasteiger partial charge in [0.15, 0.2) is 5.76 Å². The Bertz CT molecular complexity index is 1140. The van der Waals surface area contributed by atoms with E-state index >= 15 is 0 Å². The summed E-state index contributed by atoms with van der Waals surface area (Å²) in [5.41, 5.74) is 1.84. The predicted molar refractivity (Wildman–Crippen MR) is 134 cm³/mol. The topological polar surface area (TPSA) is 113 Å². The van der Waals surface area contributed by atoms with Crippen molar-refractivity contribution < 1.29 is 23.9 Å². The van der Waals surface area contributed by atoms with Gasteiger partial charge >= 0.3 is 0 Å². The maximum atomic E-state index is 13.0. The standard InChI is InChI=1S/C26H34N4O5/c1-14(2)23(25(32)27-7)29-24(31)18(6)35-17(5)19-8-9-20-11-22(28-21(20)10-19)26(33)30-12-15(3)34-16(4)13-30/h8-11,14-16,23,28H,5-6,12-13H2,1-4,7H3,(H,27,32)(H,29,31)/t15?,16?,23-/m0/s1. The van der Waals surface area contributed by atoms with Gasteiger partial charge in [0.1, 0.15) is 17.5 Å². The van der Waals surface area contributed by atoms with E-state index in [4.69, 9.17) is 9.47 Å². The molecule has 0 aliphatic carbocycles. The summed E-state index contributed by atoms with van der Waals surface area (Å²) in [6, 6.07) is 6.53. The van der Waals surface area contributed by atoms with Crippen molar-refractivity contribution in [3.63, 3.8) is 0 Å². The van der Waals surface area contributed by atoms with E-state index in [1.54, 1.807) is 17.0 Å². The van der Waals surface area contributed by atoms with E-state index in [1.165, 1.54) is 7.05 Å². The molecule has 3 N–H and O–H groups in total. The number of likely N-dealkylation sites (N-methyl/N-ethyl adjacent to an activating group) is 1. The van der Waals surface area contributed by atoms with E-state index in [9.17, 15) is 14.4 Å². The van der Waals surface area contributed by atoms with Gasteiger partial charge in [0.05, 0.1) is 12.2 Å². The minimum Gasteiger partial charge on any atom is -0.452 e. The van der Waals surface area contributed by atoms with Crippen molar-refractivity contribution in [2.45, 2.75) is 45.9 Å². The lowest BCUT2D eigenvalue weighted by molar-refractivity contribution is -0.129. The van der Waals surface area contributed by atoms with E-state index < -0.39 is 11.9 Å². The molecule has 1 aromatic carbocycles. The Hall–Kier alpha value is -3.59. The van der Waals surface area contributed by atoms with E-state index in [0.29, 0.717) is 24.3 Å². The van der Waals surface area contributed by atoms with Crippen molar-refractivity contribution in [1.82, 2.24) is 20.5 Å². The highest BCUT2D eigenvalue weighted by molar-refractivity contribution is 5.99. The summed E-state index contributed by atoms with van der Waals surface area (Å²) in [6.45, 7) is 16.2. The highest BCUT2D eigenvalue weighted by Gasteiger charge is 2.28. The molecule has 2 aromatic rings. The summed E-state index contributed by atoms with van der Waals surface area (Å²) in [5, 5.41) is 6.03. The molecule has 1 aliphatic rings. The van der Waals surface area contributed by atoms with Crippen LogP contribution in [0.1, 0.15) is 43.7 Å². The Labute approximate surface area is 205 Å². The van der Waals surface area contributed by atoms with Crippen LogP contribution in [0.4, 0.5) is 0 Å². The Kier molecular flexibility index (Phi) is 8.01. The SMILES string of the molecule is C=C(OC(=C)c1ccc2cc(C(=O)N3CC(C)OC(C)C3)[nH]c2c1)C(=O)N[C@H](C(=O)NC)C(C)C. The van der Waals surface area contributed by atoms with Gasteiger partial charge in [-0.3, -0.25) is 14.4 Å². The fourth-order valence-electron chi connectivity index (χ4n) is 4.10. The zero-order valence-corrected chi connectivity index (χ0v) is 20.9. The zero-order chi connectivity index (χ0) is 25.9. The van der Waals surface area contributed by atoms with Crippen LogP contribution in [-0.4, -0.2) is 66.0 Å². The molecule has 0 spiro atoms. The second kappa shape index (κ2) is 10.8.